The second-order valence-electron chi connectivity index (χ2n) is 5.46. The molecule has 0 fully saturated rings. The lowest BCUT2D eigenvalue weighted by Gasteiger charge is -2.04. The fraction of sp³-hybridized carbons (Fsp3) is 0.0588. The summed E-state index contributed by atoms with van der Waals surface area (Å²) in [5.74, 6) is 7.53. The van der Waals surface area contributed by atoms with Crippen molar-refractivity contribution < 1.29 is 8.91 Å². The summed E-state index contributed by atoms with van der Waals surface area (Å²) < 4.78 is 20.5. The number of nitrogens with two attached hydrogens (primary N) is 1. The quantitative estimate of drug-likeness (QED) is 0.366. The summed E-state index contributed by atoms with van der Waals surface area (Å²) >= 11 is 4.81. The van der Waals surface area contributed by atoms with Gasteiger partial charge in [0, 0.05) is 15.6 Å². The maximum Gasteiger partial charge on any atom is 0.237 e. The van der Waals surface area contributed by atoms with Crippen LogP contribution in [0, 0.1) is 5.82 Å². The summed E-state index contributed by atoms with van der Waals surface area (Å²) in [4.78, 5) is 4.31. The van der Waals surface area contributed by atoms with Crippen LogP contribution < -0.4 is 5.84 Å². The molecule has 0 amide bonds. The summed E-state index contributed by atoms with van der Waals surface area (Å²) in [6.07, 6.45) is 0. The summed E-state index contributed by atoms with van der Waals surface area (Å²) in [5.41, 5.74) is 1.52. The Bertz CT molecular complexity index is 1080. The first kappa shape index (κ1) is 17.7. The molecule has 4 aromatic rings. The molecule has 2 aromatic carbocycles. The molecular formula is C17H12BrFN6OS. The van der Waals surface area contributed by atoms with Gasteiger partial charge in [-0.15, -0.1) is 10.2 Å². The molecule has 0 aliphatic rings. The standard InChI is InChI=1S/C17H12BrFN6OS/c18-13-4-2-1-3-12(13)16-22-23-17(25(16)20)27-9-14-21-15(24-26-14)10-5-7-11(19)8-6-10/h1-8H,9,20H2. The van der Waals surface area contributed by atoms with Gasteiger partial charge in [0.05, 0.1) is 5.75 Å². The lowest BCUT2D eigenvalue weighted by Crippen LogP contribution is -2.11. The summed E-state index contributed by atoms with van der Waals surface area (Å²) in [7, 11) is 0. The molecule has 7 nitrogen and oxygen atoms in total. The molecule has 136 valence electrons. The second-order valence-corrected chi connectivity index (χ2v) is 7.26. The molecular weight excluding hydrogens is 435 g/mol. The van der Waals surface area contributed by atoms with Crippen LogP contribution >= 0.6 is 27.7 Å². The van der Waals surface area contributed by atoms with E-state index >= 15 is 0 Å². The molecule has 0 bridgehead atoms. The summed E-state index contributed by atoms with van der Waals surface area (Å²) in [5, 5.41) is 12.7. The Labute approximate surface area is 165 Å². The highest BCUT2D eigenvalue weighted by Crippen LogP contribution is 2.29. The van der Waals surface area contributed by atoms with Gasteiger partial charge in [-0.05, 0) is 36.4 Å². The zero-order valence-corrected chi connectivity index (χ0v) is 16.1. The van der Waals surface area contributed by atoms with Gasteiger partial charge in [0.25, 0.3) is 0 Å². The lowest BCUT2D eigenvalue weighted by atomic mass is 10.2. The lowest BCUT2D eigenvalue weighted by molar-refractivity contribution is 0.391. The second kappa shape index (κ2) is 7.49. The molecule has 0 spiro atoms. The van der Waals surface area contributed by atoms with E-state index in [0.717, 1.165) is 10.0 Å². The minimum absolute atomic E-state index is 0.318. The molecule has 27 heavy (non-hydrogen) atoms. The first-order valence-electron chi connectivity index (χ1n) is 7.78. The highest BCUT2D eigenvalue weighted by molar-refractivity contribution is 9.10. The van der Waals surface area contributed by atoms with E-state index in [1.54, 1.807) is 12.1 Å². The van der Waals surface area contributed by atoms with Crippen molar-refractivity contribution in [1.29, 1.82) is 0 Å². The van der Waals surface area contributed by atoms with Crippen molar-refractivity contribution in [2.45, 2.75) is 10.9 Å². The summed E-state index contributed by atoms with van der Waals surface area (Å²) in [6.45, 7) is 0. The molecule has 0 aliphatic heterocycles. The number of nitrogen functional groups attached to an aromatic ring is 1. The van der Waals surface area contributed by atoms with Gasteiger partial charge in [-0.3, -0.25) is 0 Å². The van der Waals surface area contributed by atoms with E-state index in [4.69, 9.17) is 10.4 Å². The molecule has 2 heterocycles. The monoisotopic (exact) mass is 446 g/mol. The number of rotatable bonds is 5. The van der Waals surface area contributed by atoms with Crippen LogP contribution in [0.3, 0.4) is 0 Å². The third-order valence-electron chi connectivity index (χ3n) is 3.67. The number of hydrogen-bond acceptors (Lipinski definition) is 7. The zero-order chi connectivity index (χ0) is 18.8. The average molecular weight is 447 g/mol. The first-order valence-corrected chi connectivity index (χ1v) is 9.56. The van der Waals surface area contributed by atoms with Crippen molar-refractivity contribution in [3.05, 3.63) is 64.7 Å². The van der Waals surface area contributed by atoms with Crippen molar-refractivity contribution in [1.82, 2.24) is 25.0 Å². The van der Waals surface area contributed by atoms with Gasteiger partial charge in [0.1, 0.15) is 5.82 Å². The van der Waals surface area contributed by atoms with E-state index in [9.17, 15) is 4.39 Å². The van der Waals surface area contributed by atoms with Crippen LogP contribution in [0.1, 0.15) is 5.89 Å². The Kier molecular flexibility index (Phi) is 4.90. The number of aromatic nitrogens is 5. The normalized spacial score (nSPS) is 11.0. The Balaban J connectivity index is 1.49. The SMILES string of the molecule is Nn1c(SCc2nc(-c3ccc(F)cc3)no2)nnc1-c1ccccc1Br. The van der Waals surface area contributed by atoms with Crippen LogP contribution in [0.25, 0.3) is 22.8 Å². The van der Waals surface area contributed by atoms with Crippen LogP contribution in [-0.2, 0) is 5.75 Å². The molecule has 0 aliphatic carbocycles. The van der Waals surface area contributed by atoms with Crippen molar-refractivity contribution in [2.24, 2.45) is 0 Å². The number of hydrogen-bond donors (Lipinski definition) is 1. The van der Waals surface area contributed by atoms with Gasteiger partial charge in [-0.2, -0.15) is 4.98 Å². The van der Waals surface area contributed by atoms with Crippen LogP contribution in [0.15, 0.2) is 62.7 Å². The highest BCUT2D eigenvalue weighted by atomic mass is 79.9. The molecule has 0 unspecified atom stereocenters. The molecule has 2 N–H and O–H groups in total. The largest absolute Gasteiger partial charge is 0.338 e. The third-order valence-corrected chi connectivity index (χ3v) is 5.29. The minimum atomic E-state index is -0.318. The molecule has 10 heteroatoms. The fourth-order valence-corrected chi connectivity index (χ4v) is 3.51. The van der Waals surface area contributed by atoms with E-state index in [1.807, 2.05) is 24.3 Å². The van der Waals surface area contributed by atoms with Crippen molar-refractivity contribution in [3.63, 3.8) is 0 Å². The Morgan fingerprint density at radius 2 is 1.89 bits per heavy atom. The minimum Gasteiger partial charge on any atom is -0.338 e. The van der Waals surface area contributed by atoms with Crippen LogP contribution in [0.5, 0.6) is 0 Å². The molecule has 0 atom stereocenters. The number of nitrogens with zero attached hydrogens (tertiary/aromatic N) is 5. The fourth-order valence-electron chi connectivity index (χ4n) is 2.36. The van der Waals surface area contributed by atoms with Crippen molar-refractivity contribution in [3.8, 4) is 22.8 Å². The predicted molar refractivity (Wildman–Crippen MR) is 103 cm³/mol. The maximum absolute atomic E-state index is 13.0. The van der Waals surface area contributed by atoms with Gasteiger partial charge in [0.15, 0.2) is 5.82 Å². The van der Waals surface area contributed by atoms with Gasteiger partial charge in [-0.25, -0.2) is 9.07 Å². The smallest absolute Gasteiger partial charge is 0.237 e. The molecule has 0 saturated carbocycles. The Morgan fingerprint density at radius 1 is 1.11 bits per heavy atom. The van der Waals surface area contributed by atoms with Crippen LogP contribution in [0.2, 0.25) is 0 Å². The third kappa shape index (κ3) is 3.71. The summed E-state index contributed by atoms with van der Waals surface area (Å²) in [6, 6.07) is 13.5. The number of benzene rings is 2. The van der Waals surface area contributed by atoms with Gasteiger partial charge >= 0.3 is 0 Å². The number of halogens is 2. The zero-order valence-electron chi connectivity index (χ0n) is 13.7. The van der Waals surface area contributed by atoms with Gasteiger partial charge < -0.3 is 10.4 Å². The van der Waals surface area contributed by atoms with E-state index in [0.29, 0.717) is 34.0 Å². The van der Waals surface area contributed by atoms with E-state index in [1.165, 1.54) is 28.6 Å². The average Bonchev–Trinajstić information content (AvgIpc) is 3.28. The van der Waals surface area contributed by atoms with Gasteiger partial charge in [-0.1, -0.05) is 45.0 Å². The molecule has 4 rings (SSSR count). The molecule has 0 radical (unpaired) electrons. The van der Waals surface area contributed by atoms with Gasteiger partial charge in [0.2, 0.25) is 16.9 Å². The maximum atomic E-state index is 13.0. The number of thioether (sulfide) groups is 1. The van der Waals surface area contributed by atoms with Crippen LogP contribution in [-0.4, -0.2) is 25.0 Å². The van der Waals surface area contributed by atoms with Crippen molar-refractivity contribution >= 4 is 27.7 Å². The van der Waals surface area contributed by atoms with E-state index in [2.05, 4.69) is 36.3 Å². The van der Waals surface area contributed by atoms with Crippen LogP contribution in [0.4, 0.5) is 4.39 Å². The van der Waals surface area contributed by atoms with E-state index < -0.39 is 0 Å². The molecule has 2 aromatic heterocycles. The Morgan fingerprint density at radius 3 is 2.67 bits per heavy atom. The molecule has 0 saturated heterocycles. The Hall–Kier alpha value is -2.72. The van der Waals surface area contributed by atoms with E-state index in [-0.39, 0.29) is 5.82 Å². The topological polar surface area (TPSA) is 95.7 Å². The first-order chi connectivity index (χ1) is 13.1. The van der Waals surface area contributed by atoms with Crippen molar-refractivity contribution in [2.75, 3.05) is 5.84 Å². The highest BCUT2D eigenvalue weighted by Gasteiger charge is 2.16. The predicted octanol–water partition coefficient (Wildman–Crippen LogP) is 3.90.